The second-order valence-corrected chi connectivity index (χ2v) is 9.48. The van der Waals surface area contributed by atoms with Gasteiger partial charge in [-0.3, -0.25) is 9.78 Å². The van der Waals surface area contributed by atoms with Crippen LogP contribution in [0.5, 0.6) is 11.5 Å². The van der Waals surface area contributed by atoms with E-state index in [2.05, 4.69) is 14.9 Å². The normalized spacial score (nSPS) is 13.9. The summed E-state index contributed by atoms with van der Waals surface area (Å²) >= 11 is 0. The highest BCUT2D eigenvalue weighted by atomic mass is 19.1. The molecule has 0 aliphatic carbocycles. The predicted octanol–water partition coefficient (Wildman–Crippen LogP) is 5.47. The Morgan fingerprint density at radius 2 is 1.73 bits per heavy atom. The molecule has 1 amide bonds. The summed E-state index contributed by atoms with van der Waals surface area (Å²) in [5, 5.41) is 0.662. The first-order valence-electron chi connectivity index (χ1n) is 12.4. The number of anilines is 1. The molecule has 7 nitrogen and oxygen atoms in total. The van der Waals surface area contributed by atoms with Gasteiger partial charge < -0.3 is 24.3 Å². The van der Waals surface area contributed by atoms with Crippen LogP contribution in [0.25, 0.3) is 22.0 Å². The minimum absolute atomic E-state index is 0.0291. The number of aromatic amines is 1. The molecule has 37 heavy (non-hydrogen) atoms. The number of benzene rings is 2. The zero-order valence-corrected chi connectivity index (χ0v) is 21.5. The Hall–Kier alpha value is -4.07. The number of hydrogen-bond acceptors (Lipinski definition) is 5. The van der Waals surface area contributed by atoms with Gasteiger partial charge in [0.05, 0.1) is 31.6 Å². The molecule has 1 aliphatic heterocycles. The van der Waals surface area contributed by atoms with Gasteiger partial charge in [0, 0.05) is 43.3 Å². The largest absolute Gasteiger partial charge is 0.496 e. The number of nitrogens with one attached hydrogen (secondary N) is 1. The van der Waals surface area contributed by atoms with Crippen molar-refractivity contribution in [2.45, 2.75) is 19.8 Å². The Bertz CT molecular complexity index is 1440. The second-order valence-electron chi connectivity index (χ2n) is 9.48. The van der Waals surface area contributed by atoms with Gasteiger partial charge in [0.25, 0.3) is 5.91 Å². The maximum Gasteiger partial charge on any atom is 0.270 e. The number of H-pyrrole nitrogens is 1. The molecular weight excluding hydrogens is 471 g/mol. The highest BCUT2D eigenvalue weighted by Crippen LogP contribution is 2.39. The fourth-order valence-electron chi connectivity index (χ4n) is 5.02. The van der Waals surface area contributed by atoms with E-state index >= 15 is 4.39 Å². The number of pyridine rings is 1. The number of rotatable bonds is 6. The number of amides is 1. The molecule has 0 spiro atoms. The first-order valence-corrected chi connectivity index (χ1v) is 12.4. The van der Waals surface area contributed by atoms with Gasteiger partial charge in [0.1, 0.15) is 11.4 Å². The first-order chi connectivity index (χ1) is 17.9. The average Bonchev–Trinajstić information content (AvgIpc) is 3.39. The van der Waals surface area contributed by atoms with E-state index in [1.165, 1.54) is 0 Å². The van der Waals surface area contributed by atoms with Crippen LogP contribution in [0.2, 0.25) is 0 Å². The van der Waals surface area contributed by atoms with E-state index in [0.29, 0.717) is 59.8 Å². The smallest absolute Gasteiger partial charge is 0.270 e. The van der Waals surface area contributed by atoms with Crippen LogP contribution in [0.1, 0.15) is 35.8 Å². The molecule has 5 rings (SSSR count). The van der Waals surface area contributed by atoms with Crippen LogP contribution < -0.4 is 14.4 Å². The van der Waals surface area contributed by atoms with E-state index in [-0.39, 0.29) is 17.6 Å². The molecule has 0 radical (unpaired) electrons. The molecule has 4 aromatic rings. The van der Waals surface area contributed by atoms with Crippen LogP contribution in [-0.2, 0) is 0 Å². The summed E-state index contributed by atoms with van der Waals surface area (Å²) in [5.41, 5.74) is 3.96. The quantitative estimate of drug-likeness (QED) is 0.379. The van der Waals surface area contributed by atoms with Gasteiger partial charge in [0.2, 0.25) is 0 Å². The molecule has 1 saturated heterocycles. The number of methoxy groups -OCH3 is 2. The second kappa shape index (κ2) is 10.1. The topological polar surface area (TPSA) is 70.7 Å². The van der Waals surface area contributed by atoms with Gasteiger partial charge in [-0.1, -0.05) is 32.0 Å². The highest BCUT2D eigenvalue weighted by molar-refractivity contribution is 6.04. The van der Waals surface area contributed by atoms with E-state index in [1.54, 1.807) is 37.6 Å². The molecule has 1 fully saturated rings. The number of fused-ring (bicyclic) bond motifs is 1. The molecule has 192 valence electrons. The Balaban J connectivity index is 1.48. The summed E-state index contributed by atoms with van der Waals surface area (Å²) < 4.78 is 26.7. The molecule has 2 aromatic heterocycles. The van der Waals surface area contributed by atoms with E-state index in [4.69, 9.17) is 9.47 Å². The maximum absolute atomic E-state index is 15.6. The number of halogens is 1. The molecule has 2 aromatic carbocycles. The fourth-order valence-corrected chi connectivity index (χ4v) is 5.02. The standard InChI is InChI=1S/C29H31FN4O3/c1-18(2)20-15-21(19-7-5-6-8-25(19)36-3)22-16-23(32-28(22)27(20)30)29(35)34-13-11-33(12-14-34)24-9-10-31-17-26(24)37-4/h5-10,15-18,32H,11-14H2,1-4H3. The number of aromatic nitrogens is 2. The van der Waals surface area contributed by atoms with Crippen molar-refractivity contribution in [1.29, 1.82) is 0 Å². The molecule has 8 heteroatoms. The number of nitrogens with zero attached hydrogens (tertiary/aromatic N) is 3. The van der Waals surface area contributed by atoms with E-state index in [0.717, 1.165) is 16.8 Å². The lowest BCUT2D eigenvalue weighted by Gasteiger charge is -2.36. The van der Waals surface area contributed by atoms with Crippen LogP contribution in [0.3, 0.4) is 0 Å². The Morgan fingerprint density at radius 3 is 2.43 bits per heavy atom. The highest BCUT2D eigenvalue weighted by Gasteiger charge is 2.27. The van der Waals surface area contributed by atoms with Gasteiger partial charge in [-0.05, 0) is 41.3 Å². The number of carbonyl (C=O) groups is 1. The van der Waals surface area contributed by atoms with Gasteiger partial charge in [0.15, 0.2) is 11.6 Å². The average molecular weight is 503 g/mol. The van der Waals surface area contributed by atoms with Crippen molar-refractivity contribution in [1.82, 2.24) is 14.9 Å². The molecule has 0 unspecified atom stereocenters. The minimum Gasteiger partial charge on any atom is -0.496 e. The number of carbonyl (C=O) groups excluding carboxylic acids is 1. The summed E-state index contributed by atoms with van der Waals surface area (Å²) in [4.78, 5) is 24.8. The van der Waals surface area contributed by atoms with Crippen molar-refractivity contribution >= 4 is 22.5 Å². The Labute approximate surface area is 215 Å². The van der Waals surface area contributed by atoms with Crippen LogP contribution in [-0.4, -0.2) is 61.2 Å². The molecule has 0 bridgehead atoms. The summed E-state index contributed by atoms with van der Waals surface area (Å²) in [6, 6.07) is 13.2. The molecule has 0 atom stereocenters. The SMILES string of the molecule is COc1ccccc1-c1cc(C(C)C)c(F)c2[nH]c(C(=O)N3CCN(c4ccncc4OC)CC3)cc12. The number of piperazine rings is 1. The molecule has 1 aliphatic rings. The summed E-state index contributed by atoms with van der Waals surface area (Å²) in [7, 11) is 3.25. The first kappa shape index (κ1) is 24.6. The van der Waals surface area contributed by atoms with Gasteiger partial charge in [-0.15, -0.1) is 0 Å². The van der Waals surface area contributed by atoms with Crippen LogP contribution >= 0.6 is 0 Å². The summed E-state index contributed by atoms with van der Waals surface area (Å²) in [6.45, 7) is 6.32. The Kier molecular flexibility index (Phi) is 6.74. The zero-order valence-electron chi connectivity index (χ0n) is 21.5. The van der Waals surface area contributed by atoms with E-state index < -0.39 is 0 Å². The minimum atomic E-state index is -0.322. The van der Waals surface area contributed by atoms with Gasteiger partial charge in [-0.25, -0.2) is 4.39 Å². The van der Waals surface area contributed by atoms with Gasteiger partial charge >= 0.3 is 0 Å². The maximum atomic E-state index is 15.6. The molecule has 1 N–H and O–H groups in total. The Morgan fingerprint density at radius 1 is 1.00 bits per heavy atom. The lowest BCUT2D eigenvalue weighted by atomic mass is 9.93. The molecule has 0 saturated carbocycles. The fraction of sp³-hybridized carbons (Fsp3) is 0.310. The summed E-state index contributed by atoms with van der Waals surface area (Å²) in [5.74, 6) is 0.907. The summed E-state index contributed by atoms with van der Waals surface area (Å²) in [6.07, 6.45) is 3.43. The predicted molar refractivity (Wildman–Crippen MR) is 143 cm³/mol. The third-order valence-electron chi connectivity index (χ3n) is 7.02. The monoisotopic (exact) mass is 502 g/mol. The van der Waals surface area contributed by atoms with Crippen molar-refractivity contribution in [2.24, 2.45) is 0 Å². The third kappa shape index (κ3) is 4.48. The third-order valence-corrected chi connectivity index (χ3v) is 7.02. The van der Waals surface area contributed by atoms with Gasteiger partial charge in [-0.2, -0.15) is 0 Å². The van der Waals surface area contributed by atoms with E-state index in [9.17, 15) is 4.79 Å². The lowest BCUT2D eigenvalue weighted by Crippen LogP contribution is -2.49. The number of ether oxygens (including phenoxy) is 2. The van der Waals surface area contributed by atoms with Crippen molar-refractivity contribution < 1.29 is 18.7 Å². The van der Waals surface area contributed by atoms with Crippen molar-refractivity contribution in [2.75, 3.05) is 45.3 Å². The van der Waals surface area contributed by atoms with E-state index in [1.807, 2.05) is 50.2 Å². The molecular formula is C29H31FN4O3. The van der Waals surface area contributed by atoms with Crippen molar-refractivity contribution in [3.63, 3.8) is 0 Å². The number of para-hydroxylation sites is 1. The number of hydrogen-bond donors (Lipinski definition) is 1. The molecule has 3 heterocycles. The lowest BCUT2D eigenvalue weighted by molar-refractivity contribution is 0.0741. The van der Waals surface area contributed by atoms with Crippen molar-refractivity contribution in [3.8, 4) is 22.6 Å². The van der Waals surface area contributed by atoms with Crippen LogP contribution in [0, 0.1) is 5.82 Å². The van der Waals surface area contributed by atoms with Crippen LogP contribution in [0.15, 0.2) is 54.9 Å². The zero-order chi connectivity index (χ0) is 26.1. The van der Waals surface area contributed by atoms with Crippen molar-refractivity contribution in [3.05, 3.63) is 71.9 Å². The van der Waals surface area contributed by atoms with Crippen LogP contribution in [0.4, 0.5) is 10.1 Å².